The molecule has 0 spiro atoms. The summed E-state index contributed by atoms with van der Waals surface area (Å²) in [5, 5.41) is 7.39. The molecule has 3 rings (SSSR count). The zero-order chi connectivity index (χ0) is 18.5. The van der Waals surface area contributed by atoms with Gasteiger partial charge in [0.05, 0.1) is 17.5 Å². The van der Waals surface area contributed by atoms with Crippen LogP contribution in [-0.2, 0) is 11.2 Å². The highest BCUT2D eigenvalue weighted by molar-refractivity contribution is 5.95. The Bertz CT molecular complexity index is 771. The topological polar surface area (TPSA) is 80.1 Å². The second-order valence-electron chi connectivity index (χ2n) is 6.47. The molecule has 26 heavy (non-hydrogen) atoms. The van der Waals surface area contributed by atoms with E-state index in [2.05, 4.69) is 15.4 Å². The largest absolute Gasteiger partial charge is 0.352 e. The molecule has 1 aliphatic heterocycles. The number of carbonyl (C=O) groups excluding carboxylic acids is 2. The SMILES string of the molecule is CCC(=O)NC1CCCN(C(=O)c2cnn(-c3ccccn3)c2CC)C1. The third-order valence-corrected chi connectivity index (χ3v) is 4.70. The van der Waals surface area contributed by atoms with Crippen molar-refractivity contribution in [2.24, 2.45) is 0 Å². The minimum atomic E-state index is -0.0283. The smallest absolute Gasteiger partial charge is 0.257 e. The average Bonchev–Trinajstić information content (AvgIpc) is 3.12. The fraction of sp³-hybridized carbons (Fsp3) is 0.474. The van der Waals surface area contributed by atoms with Gasteiger partial charge in [-0.05, 0) is 31.4 Å². The number of nitrogens with one attached hydrogen (secondary N) is 1. The molecule has 0 aromatic carbocycles. The minimum Gasteiger partial charge on any atom is -0.352 e. The number of aromatic nitrogens is 3. The standard InChI is InChI=1S/C19H25N5O2/c1-3-16-15(12-21-24(16)17-9-5-6-10-20-17)19(26)23-11-7-8-14(13-23)22-18(25)4-2/h5-6,9-10,12,14H,3-4,7-8,11,13H2,1-2H3,(H,22,25). The van der Waals surface area contributed by atoms with Gasteiger partial charge in [0.2, 0.25) is 5.91 Å². The molecule has 2 amide bonds. The fourth-order valence-electron chi connectivity index (χ4n) is 3.35. The molecule has 1 aliphatic rings. The summed E-state index contributed by atoms with van der Waals surface area (Å²) in [6.45, 7) is 5.09. The molecule has 2 aromatic rings. The minimum absolute atomic E-state index is 0.0241. The third kappa shape index (κ3) is 3.76. The predicted octanol–water partition coefficient (Wildman–Crippen LogP) is 1.96. The summed E-state index contributed by atoms with van der Waals surface area (Å²) in [5.41, 5.74) is 1.47. The first-order valence-corrected chi connectivity index (χ1v) is 9.21. The van der Waals surface area contributed by atoms with Crippen LogP contribution in [0.15, 0.2) is 30.6 Å². The molecule has 0 radical (unpaired) electrons. The van der Waals surface area contributed by atoms with E-state index >= 15 is 0 Å². The Labute approximate surface area is 153 Å². The maximum absolute atomic E-state index is 13.1. The Morgan fingerprint density at radius 1 is 1.31 bits per heavy atom. The Kier molecular flexibility index (Phi) is 5.65. The van der Waals surface area contributed by atoms with Gasteiger partial charge < -0.3 is 10.2 Å². The number of likely N-dealkylation sites (tertiary alicyclic amines) is 1. The summed E-state index contributed by atoms with van der Waals surface area (Å²) < 4.78 is 1.73. The molecule has 1 unspecified atom stereocenters. The molecule has 1 N–H and O–H groups in total. The maximum Gasteiger partial charge on any atom is 0.257 e. The number of pyridine rings is 1. The highest BCUT2D eigenvalue weighted by Crippen LogP contribution is 2.19. The number of hydrogen-bond donors (Lipinski definition) is 1. The van der Waals surface area contributed by atoms with Gasteiger partial charge in [-0.3, -0.25) is 9.59 Å². The van der Waals surface area contributed by atoms with Crippen molar-refractivity contribution in [1.82, 2.24) is 25.0 Å². The number of nitrogens with zero attached hydrogens (tertiary/aromatic N) is 4. The van der Waals surface area contributed by atoms with Gasteiger partial charge in [0, 0.05) is 31.7 Å². The first kappa shape index (κ1) is 18.1. The average molecular weight is 355 g/mol. The van der Waals surface area contributed by atoms with Crippen LogP contribution in [0.3, 0.4) is 0 Å². The van der Waals surface area contributed by atoms with Gasteiger partial charge in [0.15, 0.2) is 5.82 Å². The van der Waals surface area contributed by atoms with Crippen molar-refractivity contribution >= 4 is 11.8 Å². The van der Waals surface area contributed by atoms with Crippen molar-refractivity contribution in [1.29, 1.82) is 0 Å². The lowest BCUT2D eigenvalue weighted by Crippen LogP contribution is -2.49. The van der Waals surface area contributed by atoms with E-state index in [1.165, 1.54) is 0 Å². The van der Waals surface area contributed by atoms with E-state index in [1.54, 1.807) is 17.1 Å². The summed E-state index contributed by atoms with van der Waals surface area (Å²) in [6.07, 6.45) is 6.27. The fourth-order valence-corrected chi connectivity index (χ4v) is 3.35. The highest BCUT2D eigenvalue weighted by atomic mass is 16.2. The van der Waals surface area contributed by atoms with Crippen molar-refractivity contribution in [3.8, 4) is 5.82 Å². The zero-order valence-corrected chi connectivity index (χ0v) is 15.3. The second kappa shape index (κ2) is 8.12. The lowest BCUT2D eigenvalue weighted by Gasteiger charge is -2.33. The Hall–Kier alpha value is -2.70. The molecule has 3 heterocycles. The number of hydrogen-bond acceptors (Lipinski definition) is 4. The summed E-state index contributed by atoms with van der Waals surface area (Å²) in [5.74, 6) is 0.705. The van der Waals surface area contributed by atoms with Crippen molar-refractivity contribution in [3.63, 3.8) is 0 Å². The zero-order valence-electron chi connectivity index (χ0n) is 15.3. The molecule has 138 valence electrons. The molecule has 1 atom stereocenters. The van der Waals surface area contributed by atoms with Gasteiger partial charge in [-0.1, -0.05) is 19.9 Å². The quantitative estimate of drug-likeness (QED) is 0.889. The van der Waals surface area contributed by atoms with E-state index in [1.807, 2.05) is 36.9 Å². The number of rotatable bonds is 5. The first-order chi connectivity index (χ1) is 12.6. The highest BCUT2D eigenvalue weighted by Gasteiger charge is 2.28. The Balaban J connectivity index is 1.79. The van der Waals surface area contributed by atoms with E-state index < -0.39 is 0 Å². The maximum atomic E-state index is 13.1. The van der Waals surface area contributed by atoms with E-state index in [0.29, 0.717) is 37.3 Å². The van der Waals surface area contributed by atoms with E-state index in [4.69, 9.17) is 0 Å². The summed E-state index contributed by atoms with van der Waals surface area (Å²) in [4.78, 5) is 30.9. The second-order valence-corrected chi connectivity index (χ2v) is 6.47. The van der Waals surface area contributed by atoms with Crippen LogP contribution < -0.4 is 5.32 Å². The number of amides is 2. The van der Waals surface area contributed by atoms with Gasteiger partial charge in [0.1, 0.15) is 0 Å². The van der Waals surface area contributed by atoms with Crippen LogP contribution in [0.1, 0.15) is 49.2 Å². The van der Waals surface area contributed by atoms with Crippen molar-refractivity contribution in [3.05, 3.63) is 41.9 Å². The molecule has 0 bridgehead atoms. The molecule has 1 fully saturated rings. The van der Waals surface area contributed by atoms with Crippen LogP contribution in [0, 0.1) is 0 Å². The van der Waals surface area contributed by atoms with Gasteiger partial charge >= 0.3 is 0 Å². The summed E-state index contributed by atoms with van der Waals surface area (Å²) >= 11 is 0. The Morgan fingerprint density at radius 2 is 2.15 bits per heavy atom. The van der Waals surface area contributed by atoms with Crippen molar-refractivity contribution < 1.29 is 9.59 Å². The van der Waals surface area contributed by atoms with Crippen LogP contribution in [0.25, 0.3) is 5.82 Å². The molecule has 7 nitrogen and oxygen atoms in total. The molecule has 0 aliphatic carbocycles. The van der Waals surface area contributed by atoms with Gasteiger partial charge in [-0.25, -0.2) is 9.67 Å². The van der Waals surface area contributed by atoms with Gasteiger partial charge in [0.25, 0.3) is 5.91 Å². The molecule has 2 aromatic heterocycles. The molecule has 1 saturated heterocycles. The lowest BCUT2D eigenvalue weighted by atomic mass is 10.0. The molecular weight excluding hydrogens is 330 g/mol. The van der Waals surface area contributed by atoms with E-state index in [0.717, 1.165) is 18.5 Å². The van der Waals surface area contributed by atoms with E-state index in [-0.39, 0.29) is 17.9 Å². The van der Waals surface area contributed by atoms with E-state index in [9.17, 15) is 9.59 Å². The predicted molar refractivity (Wildman–Crippen MR) is 98.1 cm³/mol. The molecular formula is C19H25N5O2. The monoisotopic (exact) mass is 355 g/mol. The number of carbonyl (C=O) groups is 2. The molecule has 7 heteroatoms. The summed E-state index contributed by atoms with van der Waals surface area (Å²) in [7, 11) is 0. The third-order valence-electron chi connectivity index (χ3n) is 4.70. The number of piperidine rings is 1. The molecule has 0 saturated carbocycles. The lowest BCUT2D eigenvalue weighted by molar-refractivity contribution is -0.121. The van der Waals surface area contributed by atoms with Crippen molar-refractivity contribution in [2.75, 3.05) is 13.1 Å². The van der Waals surface area contributed by atoms with Crippen molar-refractivity contribution in [2.45, 2.75) is 45.6 Å². The van der Waals surface area contributed by atoms with Gasteiger partial charge in [-0.2, -0.15) is 5.10 Å². The van der Waals surface area contributed by atoms with Crippen LogP contribution in [0.5, 0.6) is 0 Å². The van der Waals surface area contributed by atoms with Crippen LogP contribution in [0.2, 0.25) is 0 Å². The van der Waals surface area contributed by atoms with Crippen LogP contribution in [-0.4, -0.2) is 50.6 Å². The first-order valence-electron chi connectivity index (χ1n) is 9.21. The van der Waals surface area contributed by atoms with Crippen LogP contribution >= 0.6 is 0 Å². The van der Waals surface area contributed by atoms with Gasteiger partial charge in [-0.15, -0.1) is 0 Å². The normalized spacial score (nSPS) is 17.2. The Morgan fingerprint density at radius 3 is 2.85 bits per heavy atom. The summed E-state index contributed by atoms with van der Waals surface area (Å²) in [6, 6.07) is 5.65. The van der Waals surface area contributed by atoms with Crippen LogP contribution in [0.4, 0.5) is 0 Å².